The molecule has 7 heteroatoms. The topological polar surface area (TPSA) is 63.1 Å². The minimum Gasteiger partial charge on any atom is -0.370 e. The fourth-order valence-electron chi connectivity index (χ4n) is 4.36. The van der Waals surface area contributed by atoms with Crippen LogP contribution in [0.15, 0.2) is 24.3 Å². The number of rotatable bonds is 5. The van der Waals surface area contributed by atoms with E-state index < -0.39 is 6.04 Å². The minimum atomic E-state index is -0.442. The number of quaternary nitrogens is 1. The van der Waals surface area contributed by atoms with Crippen LogP contribution in [0.4, 0.5) is 0 Å². The zero-order chi connectivity index (χ0) is 19.0. The molecule has 0 bridgehead atoms. The smallest absolute Gasteiger partial charge is 0.256 e. The molecule has 4 rings (SSSR count). The van der Waals surface area contributed by atoms with E-state index in [1.54, 1.807) is 16.7 Å². The first kappa shape index (κ1) is 18.8. The number of nitrogens with zero attached hydrogens (tertiary/aromatic N) is 1. The molecule has 2 N–H and O–H groups in total. The number of carbonyl (C=O) groups excluding carboxylic acids is 2. The normalized spacial score (nSPS) is 26.7. The Balaban J connectivity index is 1.39. The summed E-state index contributed by atoms with van der Waals surface area (Å²) in [6, 6.07) is 7.28. The molecule has 0 aliphatic carbocycles. The van der Waals surface area contributed by atoms with Crippen LogP contribution in [0.5, 0.6) is 0 Å². The number of hydrogen-bond acceptors (Lipinski definition) is 4. The lowest BCUT2D eigenvalue weighted by atomic mass is 10.0. The second-order valence-electron chi connectivity index (χ2n) is 8.03. The maximum atomic E-state index is 13.0. The van der Waals surface area contributed by atoms with Crippen LogP contribution in [0.3, 0.4) is 0 Å². The van der Waals surface area contributed by atoms with Gasteiger partial charge in [0.1, 0.15) is 24.5 Å². The van der Waals surface area contributed by atoms with E-state index in [2.05, 4.69) is 19.2 Å². The summed E-state index contributed by atoms with van der Waals surface area (Å²) in [7, 11) is 0. The average Bonchev–Trinajstić information content (AvgIpc) is 3.09. The van der Waals surface area contributed by atoms with E-state index in [0.717, 1.165) is 50.4 Å². The first-order chi connectivity index (χ1) is 13.0. The van der Waals surface area contributed by atoms with Crippen molar-refractivity contribution in [3.05, 3.63) is 35.4 Å². The third kappa shape index (κ3) is 3.48. The van der Waals surface area contributed by atoms with Crippen LogP contribution >= 0.6 is 11.8 Å². The van der Waals surface area contributed by atoms with Gasteiger partial charge in [-0.25, -0.2) is 0 Å². The summed E-state index contributed by atoms with van der Waals surface area (Å²) in [5.41, 5.74) is 1.77. The Morgan fingerprint density at radius 2 is 2.07 bits per heavy atom. The summed E-state index contributed by atoms with van der Waals surface area (Å²) < 4.78 is 5.07. The van der Waals surface area contributed by atoms with E-state index in [1.165, 1.54) is 4.90 Å². The fraction of sp³-hybridized carbons (Fsp3) is 0.600. The van der Waals surface area contributed by atoms with Gasteiger partial charge in [-0.05, 0) is 25.5 Å². The molecule has 2 amide bonds. The van der Waals surface area contributed by atoms with E-state index >= 15 is 0 Å². The van der Waals surface area contributed by atoms with Crippen molar-refractivity contribution in [2.45, 2.75) is 36.4 Å². The first-order valence-electron chi connectivity index (χ1n) is 9.77. The summed E-state index contributed by atoms with van der Waals surface area (Å²) in [4.78, 5) is 29.3. The van der Waals surface area contributed by atoms with Crippen LogP contribution in [0.2, 0.25) is 0 Å². The van der Waals surface area contributed by atoms with Crippen molar-refractivity contribution in [3.8, 4) is 0 Å². The second-order valence-corrected chi connectivity index (χ2v) is 9.77. The summed E-state index contributed by atoms with van der Waals surface area (Å²) in [6.45, 7) is 9.57. The van der Waals surface area contributed by atoms with E-state index in [0.29, 0.717) is 6.54 Å². The highest BCUT2D eigenvalue weighted by Crippen LogP contribution is 2.56. The van der Waals surface area contributed by atoms with E-state index in [1.807, 2.05) is 24.3 Å². The van der Waals surface area contributed by atoms with Crippen molar-refractivity contribution < 1.29 is 19.2 Å². The number of morpholine rings is 1. The SMILES string of the molecule is CC1(C)S[C@H]2c3ccccc3C(=O)N2[C@@H]1C(=O)NCCC[NH+]1CCOCC1. The van der Waals surface area contributed by atoms with Gasteiger partial charge in [0.05, 0.1) is 19.8 Å². The molecular weight excluding hydrogens is 362 g/mol. The molecule has 2 saturated heterocycles. The van der Waals surface area contributed by atoms with Gasteiger partial charge in [-0.2, -0.15) is 0 Å². The molecule has 2 fully saturated rings. The lowest BCUT2D eigenvalue weighted by molar-refractivity contribution is -0.908. The molecule has 1 aromatic rings. The quantitative estimate of drug-likeness (QED) is 0.717. The molecule has 0 unspecified atom stereocenters. The van der Waals surface area contributed by atoms with E-state index in [9.17, 15) is 9.59 Å². The summed E-state index contributed by atoms with van der Waals surface area (Å²) >= 11 is 1.71. The number of nitrogens with one attached hydrogen (secondary N) is 2. The van der Waals surface area contributed by atoms with E-state index in [-0.39, 0.29) is 21.9 Å². The number of hydrogen-bond donors (Lipinski definition) is 2. The molecule has 0 radical (unpaired) electrons. The predicted octanol–water partition coefficient (Wildman–Crippen LogP) is 0.456. The molecule has 2 atom stereocenters. The second kappa shape index (κ2) is 7.45. The van der Waals surface area contributed by atoms with Crippen LogP contribution < -0.4 is 10.2 Å². The Labute approximate surface area is 164 Å². The Kier molecular flexibility index (Phi) is 5.18. The number of carbonyl (C=O) groups is 2. The number of fused-ring (bicyclic) bond motifs is 3. The molecule has 0 saturated carbocycles. The van der Waals surface area contributed by atoms with Crippen molar-refractivity contribution in [2.75, 3.05) is 39.4 Å². The molecule has 146 valence electrons. The predicted molar refractivity (Wildman–Crippen MR) is 105 cm³/mol. The average molecular weight is 391 g/mol. The zero-order valence-electron chi connectivity index (χ0n) is 16.0. The van der Waals surface area contributed by atoms with Gasteiger partial charge in [0.15, 0.2) is 0 Å². The standard InChI is InChI=1S/C20H27N3O3S/c1-20(2)16(17(24)21-8-5-9-22-10-12-26-13-11-22)23-18(25)14-6-3-4-7-15(14)19(23)27-20/h3-4,6-7,16,19H,5,8-13H2,1-2H3,(H,21,24)/p+1/t16-,19+/m1/s1. The molecule has 27 heavy (non-hydrogen) atoms. The molecular formula is C20H28N3O3S+. The van der Waals surface area contributed by atoms with Crippen molar-refractivity contribution in [1.29, 1.82) is 0 Å². The molecule has 0 aromatic heterocycles. The largest absolute Gasteiger partial charge is 0.370 e. The number of ether oxygens (including phenoxy) is 1. The highest BCUT2D eigenvalue weighted by molar-refractivity contribution is 8.01. The van der Waals surface area contributed by atoms with Gasteiger partial charge >= 0.3 is 0 Å². The third-order valence-corrected chi connectivity index (χ3v) is 7.29. The maximum absolute atomic E-state index is 13.0. The van der Waals surface area contributed by atoms with Crippen molar-refractivity contribution in [3.63, 3.8) is 0 Å². The Bertz CT molecular complexity index is 733. The van der Waals surface area contributed by atoms with Crippen LogP contribution in [0, 0.1) is 0 Å². The van der Waals surface area contributed by atoms with Gasteiger partial charge in [0, 0.05) is 23.3 Å². The Morgan fingerprint density at radius 3 is 2.85 bits per heavy atom. The summed E-state index contributed by atoms with van der Waals surface area (Å²) in [5, 5.41) is 3.03. The van der Waals surface area contributed by atoms with E-state index in [4.69, 9.17) is 4.74 Å². The van der Waals surface area contributed by atoms with Crippen LogP contribution in [-0.4, -0.2) is 66.9 Å². The van der Waals surface area contributed by atoms with Gasteiger partial charge in [-0.15, -0.1) is 11.8 Å². The number of thioether (sulfide) groups is 1. The highest BCUT2D eigenvalue weighted by Gasteiger charge is 2.57. The van der Waals surface area contributed by atoms with Crippen LogP contribution in [0.1, 0.15) is 41.6 Å². The molecule has 3 aliphatic rings. The molecule has 3 aliphatic heterocycles. The van der Waals surface area contributed by atoms with Gasteiger partial charge in [0.25, 0.3) is 5.91 Å². The maximum Gasteiger partial charge on any atom is 0.256 e. The van der Waals surface area contributed by atoms with Crippen molar-refractivity contribution in [1.82, 2.24) is 10.2 Å². The number of benzene rings is 1. The number of amides is 2. The van der Waals surface area contributed by atoms with Gasteiger partial charge in [0.2, 0.25) is 5.91 Å². The zero-order valence-corrected chi connectivity index (χ0v) is 16.8. The lowest BCUT2D eigenvalue weighted by Crippen LogP contribution is -3.14. The van der Waals surface area contributed by atoms with Crippen LogP contribution in [0.25, 0.3) is 0 Å². The third-order valence-electron chi connectivity index (χ3n) is 5.75. The molecule has 1 aromatic carbocycles. The van der Waals surface area contributed by atoms with Crippen molar-refractivity contribution in [2.24, 2.45) is 0 Å². The van der Waals surface area contributed by atoms with Crippen LogP contribution in [-0.2, 0) is 9.53 Å². The van der Waals surface area contributed by atoms with Crippen molar-refractivity contribution >= 4 is 23.6 Å². The monoisotopic (exact) mass is 390 g/mol. The van der Waals surface area contributed by atoms with Gasteiger partial charge in [-0.1, -0.05) is 18.2 Å². The molecule has 6 nitrogen and oxygen atoms in total. The Morgan fingerprint density at radius 1 is 1.33 bits per heavy atom. The molecule has 3 heterocycles. The summed E-state index contributed by atoms with van der Waals surface area (Å²) in [5.74, 6) is -0.0558. The summed E-state index contributed by atoms with van der Waals surface area (Å²) in [6.07, 6.45) is 0.943. The van der Waals surface area contributed by atoms with Gasteiger partial charge < -0.3 is 19.9 Å². The van der Waals surface area contributed by atoms with Gasteiger partial charge in [-0.3, -0.25) is 9.59 Å². The Hall–Kier alpha value is -1.57. The lowest BCUT2D eigenvalue weighted by Gasteiger charge is -2.29. The fourth-order valence-corrected chi connectivity index (χ4v) is 5.95. The highest BCUT2D eigenvalue weighted by atomic mass is 32.2. The molecule has 0 spiro atoms. The minimum absolute atomic E-state index is 0.0217. The first-order valence-corrected chi connectivity index (χ1v) is 10.7.